The van der Waals surface area contributed by atoms with E-state index in [4.69, 9.17) is 10.5 Å². The number of nitrogen functional groups attached to an aromatic ring is 1. The zero-order chi connectivity index (χ0) is 23.1. The molecule has 0 fully saturated rings. The molecule has 0 saturated carbocycles. The van der Waals surface area contributed by atoms with Crippen LogP contribution in [0.2, 0.25) is 0 Å². The zero-order valence-electron chi connectivity index (χ0n) is 18.0. The fourth-order valence-electron chi connectivity index (χ4n) is 3.20. The van der Waals surface area contributed by atoms with E-state index >= 15 is 0 Å². The van der Waals surface area contributed by atoms with Gasteiger partial charge in [0.15, 0.2) is 0 Å². The van der Waals surface area contributed by atoms with Crippen molar-refractivity contribution in [3.05, 3.63) is 70.7 Å². The third kappa shape index (κ3) is 4.92. The Morgan fingerprint density at radius 1 is 1.22 bits per heavy atom. The molecule has 0 spiro atoms. The highest BCUT2D eigenvalue weighted by atomic mass is 16.5. The van der Waals surface area contributed by atoms with Crippen LogP contribution >= 0.6 is 0 Å². The Hall–Kier alpha value is -4.19. The third-order valence-corrected chi connectivity index (χ3v) is 4.80. The summed E-state index contributed by atoms with van der Waals surface area (Å²) in [6, 6.07) is 14.5. The number of aryl methyl sites for hydroxylation is 2. The predicted octanol–water partition coefficient (Wildman–Crippen LogP) is 2.57. The van der Waals surface area contributed by atoms with Crippen LogP contribution in [0.15, 0.2) is 42.5 Å². The van der Waals surface area contributed by atoms with Crippen molar-refractivity contribution < 1.29 is 14.3 Å². The van der Waals surface area contributed by atoms with E-state index in [0.29, 0.717) is 47.7 Å². The minimum absolute atomic E-state index is 0.214. The molecule has 0 aliphatic rings. The van der Waals surface area contributed by atoms with Crippen molar-refractivity contribution >= 4 is 17.7 Å². The number of aromatic nitrogens is 3. The fourth-order valence-corrected chi connectivity index (χ4v) is 3.20. The summed E-state index contributed by atoms with van der Waals surface area (Å²) < 4.78 is 6.51. The molecular weight excluding hydrogens is 408 g/mol. The molecule has 0 atom stereocenters. The Morgan fingerprint density at radius 2 is 1.97 bits per heavy atom. The summed E-state index contributed by atoms with van der Waals surface area (Å²) in [4.78, 5) is 28.5. The van der Waals surface area contributed by atoms with E-state index in [-0.39, 0.29) is 18.2 Å². The van der Waals surface area contributed by atoms with Crippen molar-refractivity contribution in [2.75, 3.05) is 18.9 Å². The lowest BCUT2D eigenvalue weighted by Gasteiger charge is -2.08. The number of esters is 1. The van der Waals surface area contributed by atoms with Gasteiger partial charge >= 0.3 is 5.97 Å². The van der Waals surface area contributed by atoms with E-state index in [1.54, 1.807) is 18.5 Å². The fraction of sp³-hybridized carbons (Fsp3) is 0.261. The number of nitriles is 1. The number of carbonyl (C=O) groups excluding carboxylic acids is 2. The normalized spacial score (nSPS) is 10.4. The van der Waals surface area contributed by atoms with Crippen molar-refractivity contribution in [3.8, 4) is 11.8 Å². The lowest BCUT2D eigenvalue weighted by atomic mass is 10.1. The van der Waals surface area contributed by atoms with Gasteiger partial charge in [-0.3, -0.25) is 4.79 Å². The van der Waals surface area contributed by atoms with Crippen LogP contribution in [0, 0.1) is 18.3 Å². The van der Waals surface area contributed by atoms with Crippen molar-refractivity contribution in [1.29, 1.82) is 5.26 Å². The van der Waals surface area contributed by atoms with Gasteiger partial charge in [-0.2, -0.15) is 10.4 Å². The topological polar surface area (TPSA) is 136 Å². The molecule has 0 bridgehead atoms. The van der Waals surface area contributed by atoms with Crippen LogP contribution in [0.4, 0.5) is 5.82 Å². The number of ether oxygens (including phenoxy) is 1. The van der Waals surface area contributed by atoms with Crippen LogP contribution in [0.3, 0.4) is 0 Å². The molecule has 3 rings (SSSR count). The molecule has 9 heteroatoms. The van der Waals surface area contributed by atoms with Gasteiger partial charge in [0.2, 0.25) is 0 Å². The van der Waals surface area contributed by atoms with E-state index in [9.17, 15) is 14.9 Å². The molecule has 1 amide bonds. The monoisotopic (exact) mass is 432 g/mol. The Labute approximate surface area is 185 Å². The third-order valence-electron chi connectivity index (χ3n) is 4.80. The summed E-state index contributed by atoms with van der Waals surface area (Å²) in [5, 5.41) is 16.8. The lowest BCUT2D eigenvalue weighted by molar-refractivity contribution is 0.0524. The van der Waals surface area contributed by atoms with E-state index in [2.05, 4.69) is 21.5 Å². The number of para-hydroxylation sites is 1. The molecule has 2 heterocycles. The molecule has 3 aromatic rings. The summed E-state index contributed by atoms with van der Waals surface area (Å²) >= 11 is 0. The number of nitrogens with two attached hydrogens (primary N) is 1. The van der Waals surface area contributed by atoms with Gasteiger partial charge in [-0.25, -0.2) is 14.5 Å². The van der Waals surface area contributed by atoms with Gasteiger partial charge in [0.25, 0.3) is 5.91 Å². The van der Waals surface area contributed by atoms with Crippen molar-refractivity contribution in [1.82, 2.24) is 20.1 Å². The largest absolute Gasteiger partial charge is 0.462 e. The number of pyridine rings is 1. The van der Waals surface area contributed by atoms with E-state index in [1.807, 2.05) is 30.3 Å². The number of hydrogen-bond acceptors (Lipinski definition) is 7. The Morgan fingerprint density at radius 3 is 2.62 bits per heavy atom. The van der Waals surface area contributed by atoms with E-state index in [0.717, 1.165) is 5.69 Å². The second-order valence-corrected chi connectivity index (χ2v) is 6.98. The standard InChI is InChI=1S/C23H24N6O3/c1-3-32-23(31)17-11-12-20(27-15(17)2)22(30)26-13-7-10-19-18(14-24)21(25)29(28-19)16-8-5-4-6-9-16/h4-6,8-9,11-12H,3,7,10,13,25H2,1-2H3,(H,26,30). The molecule has 164 valence electrons. The van der Waals surface area contributed by atoms with E-state index in [1.165, 1.54) is 12.1 Å². The van der Waals surface area contributed by atoms with Crippen molar-refractivity contribution in [2.24, 2.45) is 0 Å². The summed E-state index contributed by atoms with van der Waals surface area (Å²) in [5.74, 6) is -0.524. The number of amides is 1. The molecule has 9 nitrogen and oxygen atoms in total. The highest BCUT2D eigenvalue weighted by Crippen LogP contribution is 2.21. The molecular formula is C23H24N6O3. The maximum atomic E-state index is 12.4. The van der Waals surface area contributed by atoms with Crippen LogP contribution in [0.5, 0.6) is 0 Å². The van der Waals surface area contributed by atoms with Crippen LogP contribution < -0.4 is 11.1 Å². The Bertz CT molecular complexity index is 1160. The highest BCUT2D eigenvalue weighted by molar-refractivity contribution is 5.95. The summed E-state index contributed by atoms with van der Waals surface area (Å²) in [5.41, 5.74) is 8.77. The summed E-state index contributed by atoms with van der Waals surface area (Å²) in [6.07, 6.45) is 1.03. The average Bonchev–Trinajstić information content (AvgIpc) is 3.12. The molecule has 0 saturated heterocycles. The van der Waals surface area contributed by atoms with Crippen molar-refractivity contribution in [2.45, 2.75) is 26.7 Å². The maximum Gasteiger partial charge on any atom is 0.339 e. The number of nitrogens with one attached hydrogen (secondary N) is 1. The number of hydrogen-bond donors (Lipinski definition) is 2. The second kappa shape index (κ2) is 10.2. The average molecular weight is 432 g/mol. The van der Waals surface area contributed by atoms with Crippen LogP contribution in [-0.2, 0) is 11.2 Å². The number of carbonyl (C=O) groups is 2. The molecule has 0 unspecified atom stereocenters. The van der Waals surface area contributed by atoms with Gasteiger partial charge in [0, 0.05) is 6.54 Å². The quantitative estimate of drug-likeness (QED) is 0.412. The van der Waals surface area contributed by atoms with Gasteiger partial charge in [-0.15, -0.1) is 0 Å². The minimum atomic E-state index is -0.466. The number of anilines is 1. The van der Waals surface area contributed by atoms with Gasteiger partial charge in [-0.05, 0) is 51.0 Å². The zero-order valence-corrected chi connectivity index (χ0v) is 18.0. The lowest BCUT2D eigenvalue weighted by Crippen LogP contribution is -2.26. The minimum Gasteiger partial charge on any atom is -0.462 e. The van der Waals surface area contributed by atoms with Gasteiger partial charge in [0.05, 0.1) is 29.2 Å². The first-order valence-electron chi connectivity index (χ1n) is 10.2. The Kier molecular flexibility index (Phi) is 7.18. The Balaban J connectivity index is 1.60. The predicted molar refractivity (Wildman–Crippen MR) is 118 cm³/mol. The highest BCUT2D eigenvalue weighted by Gasteiger charge is 2.17. The smallest absolute Gasteiger partial charge is 0.339 e. The van der Waals surface area contributed by atoms with Gasteiger partial charge in [0.1, 0.15) is 23.1 Å². The number of nitrogens with zero attached hydrogens (tertiary/aromatic N) is 4. The molecule has 3 N–H and O–H groups in total. The first-order valence-corrected chi connectivity index (χ1v) is 10.2. The number of benzene rings is 1. The molecule has 32 heavy (non-hydrogen) atoms. The first kappa shape index (κ1) is 22.5. The van der Waals surface area contributed by atoms with Crippen LogP contribution in [0.1, 0.15) is 51.1 Å². The van der Waals surface area contributed by atoms with E-state index < -0.39 is 5.97 Å². The summed E-state index contributed by atoms with van der Waals surface area (Å²) in [7, 11) is 0. The molecule has 0 aliphatic carbocycles. The van der Waals surface area contributed by atoms with Gasteiger partial charge < -0.3 is 15.8 Å². The second-order valence-electron chi connectivity index (χ2n) is 6.98. The number of rotatable bonds is 8. The molecule has 1 aromatic carbocycles. The first-order chi connectivity index (χ1) is 15.5. The molecule has 0 aliphatic heterocycles. The molecule has 2 aromatic heterocycles. The maximum absolute atomic E-state index is 12.4. The molecule has 0 radical (unpaired) electrons. The SMILES string of the molecule is CCOC(=O)c1ccc(C(=O)NCCCc2nn(-c3ccccc3)c(N)c2C#N)nc1C. The van der Waals surface area contributed by atoms with Crippen LogP contribution in [-0.4, -0.2) is 39.8 Å². The van der Waals surface area contributed by atoms with Crippen molar-refractivity contribution in [3.63, 3.8) is 0 Å². The van der Waals surface area contributed by atoms with Gasteiger partial charge in [-0.1, -0.05) is 18.2 Å². The summed E-state index contributed by atoms with van der Waals surface area (Å²) in [6.45, 7) is 4.01. The van der Waals surface area contributed by atoms with Crippen LogP contribution in [0.25, 0.3) is 5.69 Å².